The molecule has 1 aromatic carbocycles. The third kappa shape index (κ3) is 6.25. The van der Waals surface area contributed by atoms with Gasteiger partial charge in [0, 0.05) is 18.0 Å². The highest BCUT2D eigenvalue weighted by atomic mass is 35.5. The van der Waals surface area contributed by atoms with Crippen molar-refractivity contribution in [3.63, 3.8) is 0 Å². The summed E-state index contributed by atoms with van der Waals surface area (Å²) >= 11 is 5.94. The van der Waals surface area contributed by atoms with E-state index in [1.807, 2.05) is 25.1 Å². The predicted molar refractivity (Wildman–Crippen MR) is 74.4 cm³/mol. The Morgan fingerprint density at radius 1 is 1.32 bits per heavy atom. The average Bonchev–Trinajstić information content (AvgIpc) is 2.33. The molecule has 0 atom stereocenters. The molecule has 4 nitrogen and oxygen atoms in total. The van der Waals surface area contributed by atoms with Crippen molar-refractivity contribution in [3.8, 4) is 0 Å². The molecule has 0 radical (unpaired) electrons. The molecule has 5 heteroatoms. The Bertz CT molecular complexity index is 460. The van der Waals surface area contributed by atoms with Crippen LogP contribution >= 0.6 is 11.6 Å². The molecule has 0 saturated carbocycles. The first-order valence-corrected chi connectivity index (χ1v) is 6.60. The summed E-state index contributed by atoms with van der Waals surface area (Å²) in [7, 11) is 0. The smallest absolute Gasteiger partial charge is 0.305 e. The minimum absolute atomic E-state index is 0.0396. The number of carboxylic acid groups (broad SMARTS) is 1. The highest BCUT2D eigenvalue weighted by Gasteiger charge is 2.03. The SMILES string of the molecule is Cc1cc(CCCC(=O)NCCC(=O)O)ccc1Cl. The maximum atomic E-state index is 11.4. The minimum atomic E-state index is -0.906. The fourth-order valence-electron chi connectivity index (χ4n) is 1.71. The van der Waals surface area contributed by atoms with Crippen molar-refractivity contribution in [1.82, 2.24) is 5.32 Å². The zero-order valence-electron chi connectivity index (χ0n) is 10.9. The molecule has 0 spiro atoms. The van der Waals surface area contributed by atoms with Gasteiger partial charge in [0.05, 0.1) is 6.42 Å². The molecule has 0 bridgehead atoms. The Morgan fingerprint density at radius 2 is 2.05 bits per heavy atom. The second kappa shape index (κ2) is 7.79. The van der Waals surface area contributed by atoms with E-state index in [0.717, 1.165) is 29.0 Å². The van der Waals surface area contributed by atoms with Crippen molar-refractivity contribution in [3.05, 3.63) is 34.3 Å². The van der Waals surface area contributed by atoms with Crippen molar-refractivity contribution in [2.75, 3.05) is 6.54 Å². The molecular weight excluding hydrogens is 266 g/mol. The van der Waals surface area contributed by atoms with Crippen molar-refractivity contribution in [1.29, 1.82) is 0 Å². The van der Waals surface area contributed by atoms with Gasteiger partial charge in [0.1, 0.15) is 0 Å². The molecule has 1 aromatic rings. The second-order valence-electron chi connectivity index (χ2n) is 4.43. The molecule has 0 aliphatic heterocycles. The maximum Gasteiger partial charge on any atom is 0.305 e. The number of aliphatic carboxylic acids is 1. The number of nitrogens with one attached hydrogen (secondary N) is 1. The molecule has 0 heterocycles. The fraction of sp³-hybridized carbons (Fsp3) is 0.429. The van der Waals surface area contributed by atoms with Gasteiger partial charge < -0.3 is 10.4 Å². The Morgan fingerprint density at radius 3 is 2.68 bits per heavy atom. The Hall–Kier alpha value is -1.55. The van der Waals surface area contributed by atoms with Crippen LogP contribution in [0.4, 0.5) is 0 Å². The third-order valence-corrected chi connectivity index (χ3v) is 3.18. The van der Waals surface area contributed by atoms with Crippen LogP contribution in [0.15, 0.2) is 18.2 Å². The van der Waals surface area contributed by atoms with Gasteiger partial charge in [-0.2, -0.15) is 0 Å². The summed E-state index contributed by atoms with van der Waals surface area (Å²) in [6.07, 6.45) is 1.91. The van der Waals surface area contributed by atoms with E-state index < -0.39 is 5.97 Å². The monoisotopic (exact) mass is 283 g/mol. The van der Waals surface area contributed by atoms with Gasteiger partial charge in [0.25, 0.3) is 0 Å². The van der Waals surface area contributed by atoms with E-state index in [0.29, 0.717) is 6.42 Å². The topological polar surface area (TPSA) is 66.4 Å². The summed E-state index contributed by atoms with van der Waals surface area (Å²) < 4.78 is 0. The Balaban J connectivity index is 2.24. The van der Waals surface area contributed by atoms with E-state index in [1.54, 1.807) is 0 Å². The van der Waals surface area contributed by atoms with E-state index in [1.165, 1.54) is 0 Å². The average molecular weight is 284 g/mol. The highest BCUT2D eigenvalue weighted by Crippen LogP contribution is 2.17. The molecule has 0 aliphatic carbocycles. The molecule has 0 fully saturated rings. The fourth-order valence-corrected chi connectivity index (χ4v) is 1.83. The molecule has 19 heavy (non-hydrogen) atoms. The zero-order valence-corrected chi connectivity index (χ0v) is 11.7. The van der Waals surface area contributed by atoms with Crippen LogP contribution in [-0.2, 0) is 16.0 Å². The molecule has 2 N–H and O–H groups in total. The van der Waals surface area contributed by atoms with Crippen molar-refractivity contribution < 1.29 is 14.7 Å². The van der Waals surface area contributed by atoms with Crippen LogP contribution in [-0.4, -0.2) is 23.5 Å². The van der Waals surface area contributed by atoms with E-state index in [2.05, 4.69) is 5.32 Å². The van der Waals surface area contributed by atoms with Crippen LogP contribution in [0.3, 0.4) is 0 Å². The lowest BCUT2D eigenvalue weighted by atomic mass is 10.1. The molecule has 1 amide bonds. The first kappa shape index (κ1) is 15.5. The number of hydrogen-bond acceptors (Lipinski definition) is 2. The van der Waals surface area contributed by atoms with Crippen LogP contribution < -0.4 is 5.32 Å². The number of amides is 1. The van der Waals surface area contributed by atoms with Crippen molar-refractivity contribution in [2.45, 2.75) is 32.6 Å². The molecule has 0 saturated heterocycles. The first-order chi connectivity index (χ1) is 8.99. The summed E-state index contributed by atoms with van der Waals surface area (Å²) in [6, 6.07) is 5.83. The molecule has 1 rings (SSSR count). The van der Waals surface area contributed by atoms with Crippen LogP contribution in [0.2, 0.25) is 5.02 Å². The number of aryl methyl sites for hydroxylation is 2. The van der Waals surface area contributed by atoms with Crippen LogP contribution in [0, 0.1) is 6.92 Å². The molecule has 0 unspecified atom stereocenters. The number of benzene rings is 1. The van der Waals surface area contributed by atoms with E-state index in [4.69, 9.17) is 16.7 Å². The summed E-state index contributed by atoms with van der Waals surface area (Å²) in [5.41, 5.74) is 2.19. The summed E-state index contributed by atoms with van der Waals surface area (Å²) in [4.78, 5) is 21.7. The van der Waals surface area contributed by atoms with Gasteiger partial charge in [-0.3, -0.25) is 9.59 Å². The summed E-state index contributed by atoms with van der Waals surface area (Å²) in [6.45, 7) is 2.14. The van der Waals surface area contributed by atoms with Crippen LogP contribution in [0.1, 0.15) is 30.4 Å². The predicted octanol–water partition coefficient (Wildman–Crippen LogP) is 2.56. The Kier molecular flexibility index (Phi) is 6.36. The molecule has 104 valence electrons. The molecule has 0 aromatic heterocycles. The third-order valence-electron chi connectivity index (χ3n) is 2.75. The quantitative estimate of drug-likeness (QED) is 0.808. The maximum absolute atomic E-state index is 11.4. The zero-order chi connectivity index (χ0) is 14.3. The number of rotatable bonds is 7. The van der Waals surface area contributed by atoms with E-state index in [9.17, 15) is 9.59 Å². The van der Waals surface area contributed by atoms with E-state index >= 15 is 0 Å². The van der Waals surface area contributed by atoms with Gasteiger partial charge in [-0.1, -0.05) is 23.7 Å². The number of carboxylic acids is 1. The summed E-state index contributed by atoms with van der Waals surface area (Å²) in [5.74, 6) is -1.01. The van der Waals surface area contributed by atoms with Gasteiger partial charge in [0.2, 0.25) is 5.91 Å². The van der Waals surface area contributed by atoms with Crippen molar-refractivity contribution >= 4 is 23.5 Å². The normalized spacial score (nSPS) is 10.2. The van der Waals surface area contributed by atoms with Gasteiger partial charge in [-0.25, -0.2) is 0 Å². The number of carbonyl (C=O) groups excluding carboxylic acids is 1. The Labute approximate surface area is 117 Å². The van der Waals surface area contributed by atoms with Gasteiger partial charge in [-0.15, -0.1) is 0 Å². The molecule has 0 aliphatic rings. The highest BCUT2D eigenvalue weighted by molar-refractivity contribution is 6.31. The van der Waals surface area contributed by atoms with E-state index in [-0.39, 0.29) is 18.9 Å². The van der Waals surface area contributed by atoms with Gasteiger partial charge in [-0.05, 0) is 37.0 Å². The first-order valence-electron chi connectivity index (χ1n) is 6.22. The largest absolute Gasteiger partial charge is 0.481 e. The number of halogens is 1. The van der Waals surface area contributed by atoms with Crippen LogP contribution in [0.5, 0.6) is 0 Å². The lowest BCUT2D eigenvalue weighted by Gasteiger charge is -2.05. The van der Waals surface area contributed by atoms with Gasteiger partial charge in [0.15, 0.2) is 0 Å². The lowest BCUT2D eigenvalue weighted by molar-refractivity contribution is -0.136. The number of carbonyl (C=O) groups is 2. The van der Waals surface area contributed by atoms with Crippen molar-refractivity contribution in [2.24, 2.45) is 0 Å². The summed E-state index contributed by atoms with van der Waals surface area (Å²) in [5, 5.41) is 11.8. The standard InChI is InChI=1S/C14H18ClNO3/c1-10-9-11(5-6-12(10)15)3-2-4-13(17)16-8-7-14(18)19/h5-6,9H,2-4,7-8H2,1H3,(H,16,17)(H,18,19). The minimum Gasteiger partial charge on any atom is -0.481 e. The van der Waals surface area contributed by atoms with Crippen LogP contribution in [0.25, 0.3) is 0 Å². The molecular formula is C14H18ClNO3. The number of hydrogen-bond donors (Lipinski definition) is 2. The second-order valence-corrected chi connectivity index (χ2v) is 4.84. The lowest BCUT2D eigenvalue weighted by Crippen LogP contribution is -2.25. The van der Waals surface area contributed by atoms with Gasteiger partial charge >= 0.3 is 5.97 Å².